The van der Waals surface area contributed by atoms with Gasteiger partial charge in [-0.2, -0.15) is 13.2 Å². The minimum absolute atomic E-state index is 0.0959. The summed E-state index contributed by atoms with van der Waals surface area (Å²) >= 11 is 0. The van der Waals surface area contributed by atoms with Gasteiger partial charge in [0.05, 0.1) is 5.56 Å². The van der Waals surface area contributed by atoms with Crippen LogP contribution in [0.2, 0.25) is 0 Å². The number of likely N-dealkylation sites (tertiary alicyclic amines) is 1. The van der Waals surface area contributed by atoms with E-state index in [9.17, 15) is 13.2 Å². The van der Waals surface area contributed by atoms with Crippen LogP contribution in [0.15, 0.2) is 18.2 Å². The first kappa shape index (κ1) is 16.1. The lowest BCUT2D eigenvalue weighted by atomic mass is 10.0. The molecule has 0 spiro atoms. The van der Waals surface area contributed by atoms with Gasteiger partial charge in [-0.05, 0) is 44.5 Å². The fraction of sp³-hybridized carbons (Fsp3) is 0.600. The SMILES string of the molecule is CC(N)c1ccc(OC2CCN(C)CC2)c(C(F)(F)F)c1. The molecule has 0 amide bonds. The van der Waals surface area contributed by atoms with Crippen LogP contribution in [0.1, 0.15) is 36.9 Å². The summed E-state index contributed by atoms with van der Waals surface area (Å²) in [5.41, 5.74) is 5.38. The predicted octanol–water partition coefficient (Wildman–Crippen LogP) is 3.20. The molecule has 1 saturated heterocycles. The fourth-order valence-corrected chi connectivity index (χ4v) is 2.44. The van der Waals surface area contributed by atoms with Crippen LogP contribution in [-0.2, 0) is 6.18 Å². The van der Waals surface area contributed by atoms with Crippen molar-refractivity contribution < 1.29 is 17.9 Å². The predicted molar refractivity (Wildman–Crippen MR) is 75.2 cm³/mol. The van der Waals surface area contributed by atoms with E-state index < -0.39 is 17.8 Å². The topological polar surface area (TPSA) is 38.5 Å². The van der Waals surface area contributed by atoms with Crippen molar-refractivity contribution in [1.82, 2.24) is 4.90 Å². The monoisotopic (exact) mass is 302 g/mol. The van der Waals surface area contributed by atoms with E-state index in [4.69, 9.17) is 10.5 Å². The Morgan fingerprint density at radius 2 is 1.90 bits per heavy atom. The Labute approximate surface area is 122 Å². The number of nitrogens with two attached hydrogens (primary N) is 1. The third-order valence-electron chi connectivity index (χ3n) is 3.79. The van der Waals surface area contributed by atoms with Crippen molar-refractivity contribution in [3.05, 3.63) is 29.3 Å². The Morgan fingerprint density at radius 3 is 2.43 bits per heavy atom. The second-order valence-corrected chi connectivity index (χ2v) is 5.66. The molecule has 1 fully saturated rings. The summed E-state index contributed by atoms with van der Waals surface area (Å²) in [6.07, 6.45) is -3.12. The first-order chi connectivity index (χ1) is 9.77. The molecule has 0 bridgehead atoms. The molecule has 1 aromatic carbocycles. The third-order valence-corrected chi connectivity index (χ3v) is 3.79. The molecule has 1 atom stereocenters. The molecule has 1 heterocycles. The summed E-state index contributed by atoms with van der Waals surface area (Å²) in [7, 11) is 1.99. The summed E-state index contributed by atoms with van der Waals surface area (Å²) in [4.78, 5) is 2.14. The van der Waals surface area contributed by atoms with Crippen molar-refractivity contribution in [3.8, 4) is 5.75 Å². The normalized spacial score (nSPS) is 19.5. The van der Waals surface area contributed by atoms with Gasteiger partial charge in [-0.25, -0.2) is 0 Å². The molecule has 3 nitrogen and oxygen atoms in total. The molecule has 0 aromatic heterocycles. The van der Waals surface area contributed by atoms with Crippen LogP contribution < -0.4 is 10.5 Å². The highest BCUT2D eigenvalue weighted by Crippen LogP contribution is 2.38. The Balaban J connectivity index is 2.22. The van der Waals surface area contributed by atoms with Crippen LogP contribution in [-0.4, -0.2) is 31.1 Å². The first-order valence-electron chi connectivity index (χ1n) is 7.09. The average molecular weight is 302 g/mol. The first-order valence-corrected chi connectivity index (χ1v) is 7.09. The second kappa shape index (κ2) is 6.23. The van der Waals surface area contributed by atoms with Gasteiger partial charge < -0.3 is 15.4 Å². The molecule has 21 heavy (non-hydrogen) atoms. The van der Waals surface area contributed by atoms with Gasteiger partial charge in [0.25, 0.3) is 0 Å². The van der Waals surface area contributed by atoms with Crippen molar-refractivity contribution in [2.75, 3.05) is 20.1 Å². The van der Waals surface area contributed by atoms with Gasteiger partial charge >= 0.3 is 6.18 Å². The van der Waals surface area contributed by atoms with Crippen molar-refractivity contribution in [2.24, 2.45) is 5.73 Å². The molecule has 2 rings (SSSR count). The average Bonchev–Trinajstić information content (AvgIpc) is 2.40. The molecule has 1 aromatic rings. The number of piperidine rings is 1. The van der Waals surface area contributed by atoms with Gasteiger partial charge in [0.1, 0.15) is 11.9 Å². The number of rotatable bonds is 3. The molecule has 1 aliphatic rings. The Hall–Kier alpha value is -1.27. The Bertz CT molecular complexity index is 480. The maximum Gasteiger partial charge on any atom is 0.419 e. The van der Waals surface area contributed by atoms with Gasteiger partial charge in [0.2, 0.25) is 0 Å². The maximum absolute atomic E-state index is 13.2. The fourth-order valence-electron chi connectivity index (χ4n) is 2.44. The van der Waals surface area contributed by atoms with Crippen LogP contribution in [0.3, 0.4) is 0 Å². The summed E-state index contributed by atoms with van der Waals surface area (Å²) in [5.74, 6) is -0.0959. The number of alkyl halides is 3. The smallest absolute Gasteiger partial charge is 0.419 e. The van der Waals surface area contributed by atoms with Crippen LogP contribution in [0.4, 0.5) is 13.2 Å². The Morgan fingerprint density at radius 1 is 1.29 bits per heavy atom. The maximum atomic E-state index is 13.2. The zero-order valence-electron chi connectivity index (χ0n) is 12.3. The van der Waals surface area contributed by atoms with E-state index in [-0.39, 0.29) is 11.9 Å². The minimum Gasteiger partial charge on any atom is -0.490 e. The van der Waals surface area contributed by atoms with E-state index in [0.29, 0.717) is 5.56 Å². The lowest BCUT2D eigenvalue weighted by Gasteiger charge is -2.30. The number of halogens is 3. The number of hydrogen-bond donors (Lipinski definition) is 1. The zero-order valence-corrected chi connectivity index (χ0v) is 12.3. The highest BCUT2D eigenvalue weighted by atomic mass is 19.4. The van der Waals surface area contributed by atoms with Crippen molar-refractivity contribution >= 4 is 0 Å². The quantitative estimate of drug-likeness (QED) is 0.932. The molecule has 0 radical (unpaired) electrons. The van der Waals surface area contributed by atoms with Gasteiger partial charge in [-0.15, -0.1) is 0 Å². The summed E-state index contributed by atoms with van der Waals surface area (Å²) in [6, 6.07) is 3.64. The van der Waals surface area contributed by atoms with Crippen LogP contribution in [0.5, 0.6) is 5.75 Å². The van der Waals surface area contributed by atoms with Crippen molar-refractivity contribution in [1.29, 1.82) is 0 Å². The van der Waals surface area contributed by atoms with E-state index in [1.54, 1.807) is 13.0 Å². The van der Waals surface area contributed by atoms with Crippen molar-refractivity contribution in [2.45, 2.75) is 38.1 Å². The molecule has 6 heteroatoms. The molecule has 118 valence electrons. The van der Waals surface area contributed by atoms with Gasteiger partial charge in [-0.1, -0.05) is 6.07 Å². The van der Waals surface area contributed by atoms with Gasteiger partial charge in [0.15, 0.2) is 0 Å². The number of benzene rings is 1. The molecule has 1 aliphatic heterocycles. The van der Waals surface area contributed by atoms with E-state index in [0.717, 1.165) is 32.0 Å². The molecule has 0 saturated carbocycles. The van der Waals surface area contributed by atoms with Gasteiger partial charge in [0, 0.05) is 19.1 Å². The van der Waals surface area contributed by atoms with Crippen molar-refractivity contribution in [3.63, 3.8) is 0 Å². The van der Waals surface area contributed by atoms with Crippen LogP contribution >= 0.6 is 0 Å². The number of hydrogen-bond acceptors (Lipinski definition) is 3. The van der Waals surface area contributed by atoms with E-state index >= 15 is 0 Å². The second-order valence-electron chi connectivity index (χ2n) is 5.66. The zero-order chi connectivity index (χ0) is 15.6. The summed E-state index contributed by atoms with van der Waals surface area (Å²) < 4.78 is 45.1. The van der Waals surface area contributed by atoms with Crippen LogP contribution in [0, 0.1) is 0 Å². The largest absolute Gasteiger partial charge is 0.490 e. The summed E-state index contributed by atoms with van der Waals surface area (Å²) in [5, 5.41) is 0. The van der Waals surface area contributed by atoms with Gasteiger partial charge in [-0.3, -0.25) is 0 Å². The van der Waals surface area contributed by atoms with Crippen LogP contribution in [0.25, 0.3) is 0 Å². The van der Waals surface area contributed by atoms with E-state index in [1.807, 2.05) is 7.05 Å². The number of nitrogens with zero attached hydrogens (tertiary/aromatic N) is 1. The van der Waals surface area contributed by atoms with E-state index in [2.05, 4.69) is 4.90 Å². The molecule has 1 unspecified atom stereocenters. The molecular formula is C15H21F3N2O. The van der Waals surface area contributed by atoms with E-state index in [1.165, 1.54) is 6.07 Å². The standard InChI is InChI=1S/C15H21F3N2O/c1-10(19)11-3-4-14(13(9-11)15(16,17)18)21-12-5-7-20(2)8-6-12/h3-4,9-10,12H,5-8,19H2,1-2H3. The summed E-state index contributed by atoms with van der Waals surface area (Å²) in [6.45, 7) is 3.33. The lowest BCUT2D eigenvalue weighted by Crippen LogP contribution is -2.36. The molecule has 2 N–H and O–H groups in total. The highest BCUT2D eigenvalue weighted by Gasteiger charge is 2.35. The minimum atomic E-state index is -4.44. The molecular weight excluding hydrogens is 281 g/mol. The molecule has 0 aliphatic carbocycles. The third kappa shape index (κ3) is 4.11. The Kier molecular flexibility index (Phi) is 4.78. The number of ether oxygens (including phenoxy) is 1. The highest BCUT2D eigenvalue weighted by molar-refractivity contribution is 5.40. The lowest BCUT2D eigenvalue weighted by molar-refractivity contribution is -0.139.